The number of carbonyl (C=O) groups is 1. The third-order valence-corrected chi connectivity index (χ3v) is 4.86. The maximum Gasteiger partial charge on any atom is 0.319 e. The Hall–Kier alpha value is -1.86. The van der Waals surface area contributed by atoms with E-state index < -0.39 is 6.10 Å². The second-order valence-electron chi connectivity index (χ2n) is 6.92. The Morgan fingerprint density at radius 2 is 1.88 bits per heavy atom. The Kier molecular flexibility index (Phi) is 6.47. The fourth-order valence-corrected chi connectivity index (χ4v) is 3.56. The summed E-state index contributed by atoms with van der Waals surface area (Å²) in [6.07, 6.45) is 7.19. The van der Waals surface area contributed by atoms with E-state index in [1.807, 2.05) is 12.1 Å². The van der Waals surface area contributed by atoms with Crippen LogP contribution in [0.1, 0.15) is 32.1 Å². The molecule has 0 bridgehead atoms. The summed E-state index contributed by atoms with van der Waals surface area (Å²) in [6.45, 7) is 4.90. The van der Waals surface area contributed by atoms with Gasteiger partial charge in [0, 0.05) is 32.4 Å². The fraction of sp³-hybridized carbons (Fsp3) is 0.667. The number of aliphatic hydroxyl groups is 1. The van der Waals surface area contributed by atoms with Gasteiger partial charge in [0.1, 0.15) is 0 Å². The summed E-state index contributed by atoms with van der Waals surface area (Å²) in [6, 6.07) is 3.39. The van der Waals surface area contributed by atoms with Gasteiger partial charge >= 0.3 is 6.03 Å². The van der Waals surface area contributed by atoms with Gasteiger partial charge in [0.2, 0.25) is 0 Å². The molecule has 0 aliphatic carbocycles. The minimum absolute atomic E-state index is 0.252. The van der Waals surface area contributed by atoms with Crippen LogP contribution in [0.25, 0.3) is 0 Å². The highest BCUT2D eigenvalue weighted by atomic mass is 16.3. The lowest BCUT2D eigenvalue weighted by Crippen LogP contribution is -2.43. The van der Waals surface area contributed by atoms with Crippen molar-refractivity contribution in [3.05, 3.63) is 18.3 Å². The third kappa shape index (κ3) is 5.31. The Balaban J connectivity index is 1.46. The number of likely N-dealkylation sites (tertiary alicyclic amines) is 1. The lowest BCUT2D eigenvalue weighted by molar-refractivity contribution is 0.102. The largest absolute Gasteiger partial charge is 0.390 e. The van der Waals surface area contributed by atoms with Gasteiger partial charge < -0.3 is 25.5 Å². The molecule has 3 rings (SSSR count). The van der Waals surface area contributed by atoms with Gasteiger partial charge in [-0.1, -0.05) is 6.42 Å². The first-order valence-corrected chi connectivity index (χ1v) is 9.37. The number of carbonyl (C=O) groups excluding carboxylic acids is 1. The third-order valence-electron chi connectivity index (χ3n) is 4.86. The number of amides is 2. The number of rotatable bonds is 6. The first kappa shape index (κ1) is 17.9. The average molecular weight is 347 g/mol. The van der Waals surface area contributed by atoms with Crippen LogP contribution >= 0.6 is 0 Å². The Labute approximate surface area is 149 Å². The van der Waals surface area contributed by atoms with Crippen LogP contribution in [-0.2, 0) is 0 Å². The maximum absolute atomic E-state index is 12.2. The molecule has 0 radical (unpaired) electrons. The van der Waals surface area contributed by atoms with Crippen LogP contribution in [0, 0.1) is 0 Å². The molecule has 138 valence electrons. The number of hydrogen-bond acceptors (Lipinski definition) is 5. The molecule has 0 aromatic carbocycles. The number of urea groups is 1. The predicted molar refractivity (Wildman–Crippen MR) is 99.0 cm³/mol. The highest BCUT2D eigenvalue weighted by Crippen LogP contribution is 2.25. The van der Waals surface area contributed by atoms with Crippen LogP contribution < -0.4 is 15.5 Å². The van der Waals surface area contributed by atoms with E-state index in [1.54, 1.807) is 6.20 Å². The van der Waals surface area contributed by atoms with Crippen LogP contribution in [0.4, 0.5) is 16.3 Å². The molecule has 25 heavy (non-hydrogen) atoms. The summed E-state index contributed by atoms with van der Waals surface area (Å²) in [7, 11) is 0. The molecule has 0 spiro atoms. The van der Waals surface area contributed by atoms with Crippen LogP contribution in [0.15, 0.2) is 18.3 Å². The van der Waals surface area contributed by atoms with Gasteiger partial charge in [-0.2, -0.15) is 0 Å². The van der Waals surface area contributed by atoms with Crippen LogP contribution in [0.5, 0.6) is 0 Å². The Bertz CT molecular complexity index is 556. The van der Waals surface area contributed by atoms with Crippen LogP contribution in [0.3, 0.4) is 0 Å². The van der Waals surface area contributed by atoms with E-state index in [4.69, 9.17) is 0 Å². The van der Waals surface area contributed by atoms with Crippen molar-refractivity contribution in [2.75, 3.05) is 49.5 Å². The first-order chi connectivity index (χ1) is 12.2. The van der Waals surface area contributed by atoms with E-state index in [1.165, 1.54) is 19.3 Å². The Morgan fingerprint density at radius 3 is 2.64 bits per heavy atom. The van der Waals surface area contributed by atoms with Crippen molar-refractivity contribution in [1.82, 2.24) is 15.2 Å². The fourth-order valence-electron chi connectivity index (χ4n) is 3.56. The van der Waals surface area contributed by atoms with E-state index in [0.29, 0.717) is 12.2 Å². The number of nitrogens with one attached hydrogen (secondary N) is 2. The molecular formula is C18H29N5O2. The van der Waals surface area contributed by atoms with Gasteiger partial charge in [-0.05, 0) is 50.9 Å². The zero-order chi connectivity index (χ0) is 17.5. The molecular weight excluding hydrogens is 318 g/mol. The standard InChI is InChI=1S/C18H29N5O2/c24-15(14-22-9-2-1-3-10-22)13-20-18(25)21-16-7-6-8-19-17(16)23-11-4-5-12-23/h6-8,15,24H,1-5,9-14H2,(H2,20,21,25). The van der Waals surface area contributed by atoms with Crippen molar-refractivity contribution in [1.29, 1.82) is 0 Å². The van der Waals surface area contributed by atoms with Crippen molar-refractivity contribution in [2.24, 2.45) is 0 Å². The summed E-state index contributed by atoms with van der Waals surface area (Å²) in [5.41, 5.74) is 0.715. The van der Waals surface area contributed by atoms with Gasteiger partial charge in [-0.25, -0.2) is 9.78 Å². The summed E-state index contributed by atoms with van der Waals surface area (Å²) in [5, 5.41) is 15.8. The zero-order valence-electron chi connectivity index (χ0n) is 14.8. The smallest absolute Gasteiger partial charge is 0.319 e. The van der Waals surface area contributed by atoms with Crippen LogP contribution in [-0.4, -0.2) is 66.4 Å². The monoisotopic (exact) mass is 347 g/mol. The molecule has 1 aromatic rings. The second-order valence-corrected chi connectivity index (χ2v) is 6.92. The normalized spacial score (nSPS) is 19.6. The molecule has 7 heteroatoms. The molecule has 1 atom stereocenters. The lowest BCUT2D eigenvalue weighted by Gasteiger charge is -2.28. The van der Waals surface area contributed by atoms with Crippen molar-refractivity contribution in [3.8, 4) is 0 Å². The number of anilines is 2. The summed E-state index contributed by atoms with van der Waals surface area (Å²) >= 11 is 0. The van der Waals surface area contributed by atoms with Gasteiger partial charge in [0.25, 0.3) is 0 Å². The van der Waals surface area contributed by atoms with Crippen molar-refractivity contribution in [2.45, 2.75) is 38.2 Å². The van der Waals surface area contributed by atoms with E-state index in [2.05, 4.69) is 25.4 Å². The number of aliphatic hydroxyl groups excluding tert-OH is 1. The lowest BCUT2D eigenvalue weighted by atomic mass is 10.1. The van der Waals surface area contributed by atoms with Gasteiger partial charge in [-0.15, -0.1) is 0 Å². The molecule has 2 fully saturated rings. The average Bonchev–Trinajstić information content (AvgIpc) is 3.16. The van der Waals surface area contributed by atoms with Gasteiger partial charge in [0.15, 0.2) is 5.82 Å². The number of β-amino-alcohol motifs (C(OH)–C–C–N with tert-alkyl or cyclic N) is 1. The molecule has 2 aliphatic heterocycles. The first-order valence-electron chi connectivity index (χ1n) is 9.37. The highest BCUT2D eigenvalue weighted by molar-refractivity contribution is 5.92. The highest BCUT2D eigenvalue weighted by Gasteiger charge is 2.19. The van der Waals surface area contributed by atoms with Crippen molar-refractivity contribution >= 4 is 17.5 Å². The number of nitrogens with zero attached hydrogens (tertiary/aromatic N) is 3. The molecule has 1 unspecified atom stereocenters. The molecule has 1 aromatic heterocycles. The summed E-state index contributed by atoms with van der Waals surface area (Å²) in [4.78, 5) is 21.1. The van der Waals surface area contributed by atoms with E-state index >= 15 is 0 Å². The Morgan fingerprint density at radius 1 is 1.16 bits per heavy atom. The topological polar surface area (TPSA) is 80.7 Å². The quantitative estimate of drug-likeness (QED) is 0.729. The van der Waals surface area contributed by atoms with Gasteiger partial charge in [-0.3, -0.25) is 0 Å². The molecule has 2 aliphatic rings. The minimum atomic E-state index is -0.546. The molecule has 3 N–H and O–H groups in total. The predicted octanol–water partition coefficient (Wildman–Crippen LogP) is 1.65. The summed E-state index contributed by atoms with van der Waals surface area (Å²) in [5.74, 6) is 0.823. The van der Waals surface area contributed by atoms with E-state index in [0.717, 1.165) is 44.8 Å². The minimum Gasteiger partial charge on any atom is -0.390 e. The maximum atomic E-state index is 12.2. The number of piperidine rings is 1. The van der Waals surface area contributed by atoms with Crippen molar-refractivity contribution < 1.29 is 9.90 Å². The van der Waals surface area contributed by atoms with Gasteiger partial charge in [0.05, 0.1) is 11.8 Å². The second kappa shape index (κ2) is 9.01. The van der Waals surface area contributed by atoms with E-state index in [-0.39, 0.29) is 12.6 Å². The molecule has 2 saturated heterocycles. The molecule has 3 heterocycles. The zero-order valence-corrected chi connectivity index (χ0v) is 14.8. The van der Waals surface area contributed by atoms with Crippen LogP contribution in [0.2, 0.25) is 0 Å². The van der Waals surface area contributed by atoms with E-state index in [9.17, 15) is 9.90 Å². The SMILES string of the molecule is O=C(NCC(O)CN1CCCCC1)Nc1cccnc1N1CCCC1. The molecule has 2 amide bonds. The number of aromatic nitrogens is 1. The molecule has 7 nitrogen and oxygen atoms in total. The van der Waals surface area contributed by atoms with Crippen molar-refractivity contribution in [3.63, 3.8) is 0 Å². The number of pyridine rings is 1. The number of hydrogen-bond donors (Lipinski definition) is 3. The summed E-state index contributed by atoms with van der Waals surface area (Å²) < 4.78 is 0. The molecule has 0 saturated carbocycles.